The topological polar surface area (TPSA) is 92.0 Å². The molecule has 0 aromatic heterocycles. The van der Waals surface area contributed by atoms with E-state index in [1.807, 2.05) is 6.07 Å². The van der Waals surface area contributed by atoms with Crippen molar-refractivity contribution in [2.75, 3.05) is 20.8 Å². The van der Waals surface area contributed by atoms with Gasteiger partial charge in [0.1, 0.15) is 18.3 Å². The molecule has 0 saturated heterocycles. The maximum absolute atomic E-state index is 11.2. The zero-order valence-corrected chi connectivity index (χ0v) is 8.97. The first kappa shape index (κ1) is 12.0. The minimum atomic E-state index is -0.631. The average molecular weight is 225 g/mol. The fourth-order valence-corrected chi connectivity index (χ4v) is 1.25. The molecule has 1 aliphatic heterocycles. The van der Waals surface area contributed by atoms with Crippen LogP contribution in [0.3, 0.4) is 0 Å². The molecule has 7 heteroatoms. The number of hydrogen-bond donors (Lipinski definition) is 0. The molecule has 0 amide bonds. The number of ether oxygens (including phenoxy) is 2. The summed E-state index contributed by atoms with van der Waals surface area (Å²) in [7, 11) is 2.47. The molecule has 1 unspecified atom stereocenters. The Morgan fingerprint density at radius 1 is 1.56 bits per heavy atom. The van der Waals surface area contributed by atoms with Crippen molar-refractivity contribution in [1.29, 1.82) is 5.26 Å². The number of nitrogens with zero attached hydrogens (tertiary/aromatic N) is 3. The van der Waals surface area contributed by atoms with Crippen molar-refractivity contribution in [3.05, 3.63) is 0 Å². The first-order chi connectivity index (χ1) is 7.62. The summed E-state index contributed by atoms with van der Waals surface area (Å²) in [5, 5.41) is 13.9. The van der Waals surface area contributed by atoms with Crippen LogP contribution in [0.1, 0.15) is 6.42 Å². The van der Waals surface area contributed by atoms with Crippen molar-refractivity contribution in [2.24, 2.45) is 5.10 Å². The Balaban J connectivity index is 2.74. The first-order valence-electron chi connectivity index (χ1n) is 4.51. The molecule has 0 aliphatic carbocycles. The highest BCUT2D eigenvalue weighted by molar-refractivity contribution is 6.37. The zero-order chi connectivity index (χ0) is 12.1. The van der Waals surface area contributed by atoms with E-state index in [-0.39, 0.29) is 18.7 Å². The number of carbonyl (C=O) groups excluding carboxylic acids is 2. The molecule has 7 nitrogen and oxygen atoms in total. The Kier molecular flexibility index (Phi) is 3.83. The first-order valence-corrected chi connectivity index (χ1v) is 4.51. The van der Waals surface area contributed by atoms with E-state index < -0.39 is 18.0 Å². The van der Waals surface area contributed by atoms with Crippen LogP contribution in [0.15, 0.2) is 5.10 Å². The fraction of sp³-hybridized carbons (Fsp3) is 0.556. The molecule has 86 valence electrons. The molecule has 0 aromatic carbocycles. The molecule has 0 fully saturated rings. The van der Waals surface area contributed by atoms with Gasteiger partial charge in [-0.1, -0.05) is 0 Å². The highest BCUT2D eigenvalue weighted by Gasteiger charge is 2.31. The van der Waals surface area contributed by atoms with Crippen LogP contribution >= 0.6 is 0 Å². The van der Waals surface area contributed by atoms with E-state index in [0.717, 1.165) is 0 Å². The van der Waals surface area contributed by atoms with Gasteiger partial charge in [-0.2, -0.15) is 10.4 Å². The number of rotatable bonds is 3. The minimum absolute atomic E-state index is 0.137. The maximum Gasteiger partial charge on any atom is 0.354 e. The van der Waals surface area contributed by atoms with Gasteiger partial charge in [0.05, 0.1) is 20.3 Å². The lowest BCUT2D eigenvalue weighted by Gasteiger charge is -2.15. The highest BCUT2D eigenvalue weighted by atomic mass is 16.5. The monoisotopic (exact) mass is 225 g/mol. The van der Waals surface area contributed by atoms with Crippen molar-refractivity contribution in [3.8, 4) is 6.07 Å². The number of hydrogen-bond acceptors (Lipinski definition) is 7. The summed E-state index contributed by atoms with van der Waals surface area (Å²) in [5.41, 5.74) is 0.137. The largest absolute Gasteiger partial charge is 0.468 e. The molecule has 1 atom stereocenters. The molecule has 1 heterocycles. The van der Waals surface area contributed by atoms with Gasteiger partial charge in [-0.25, -0.2) is 4.79 Å². The third-order valence-corrected chi connectivity index (χ3v) is 2.08. The van der Waals surface area contributed by atoms with Gasteiger partial charge in [-0.15, -0.1) is 0 Å². The van der Waals surface area contributed by atoms with Gasteiger partial charge >= 0.3 is 11.9 Å². The van der Waals surface area contributed by atoms with Crippen LogP contribution in [0.4, 0.5) is 0 Å². The summed E-state index contributed by atoms with van der Waals surface area (Å²) in [6, 6.07) is 1.32. The van der Waals surface area contributed by atoms with Crippen molar-refractivity contribution < 1.29 is 19.1 Å². The van der Waals surface area contributed by atoms with Crippen molar-refractivity contribution in [3.63, 3.8) is 0 Å². The molecule has 0 radical (unpaired) electrons. The van der Waals surface area contributed by atoms with Gasteiger partial charge in [0.15, 0.2) is 0 Å². The Labute approximate surface area is 92.2 Å². The quantitative estimate of drug-likeness (QED) is 0.589. The normalized spacial score (nSPS) is 18.7. The highest BCUT2D eigenvalue weighted by Crippen LogP contribution is 2.15. The van der Waals surface area contributed by atoms with E-state index in [4.69, 9.17) is 5.26 Å². The SMILES string of the molecule is COC(=O)CN1N=C(C(=O)OC)CC1C#N. The van der Waals surface area contributed by atoms with Gasteiger partial charge < -0.3 is 9.47 Å². The Hall–Kier alpha value is -2.10. The van der Waals surface area contributed by atoms with Crippen LogP contribution in [0, 0.1) is 11.3 Å². The van der Waals surface area contributed by atoms with E-state index in [1.54, 1.807) is 0 Å². The lowest BCUT2D eigenvalue weighted by Crippen LogP contribution is -2.31. The smallest absolute Gasteiger partial charge is 0.354 e. The van der Waals surface area contributed by atoms with Crippen LogP contribution in [-0.4, -0.2) is 49.5 Å². The summed E-state index contributed by atoms with van der Waals surface area (Å²) in [5.74, 6) is -1.11. The predicted molar refractivity (Wildman–Crippen MR) is 52.2 cm³/mol. The second kappa shape index (κ2) is 5.11. The Bertz CT molecular complexity index is 371. The number of carbonyl (C=O) groups is 2. The molecule has 16 heavy (non-hydrogen) atoms. The average Bonchev–Trinajstić information content (AvgIpc) is 2.70. The van der Waals surface area contributed by atoms with E-state index in [0.29, 0.717) is 0 Å². The Morgan fingerprint density at radius 3 is 2.75 bits per heavy atom. The van der Waals surface area contributed by atoms with Gasteiger partial charge in [0.25, 0.3) is 0 Å². The minimum Gasteiger partial charge on any atom is -0.468 e. The summed E-state index contributed by atoms with van der Waals surface area (Å²) in [6.45, 7) is -0.158. The zero-order valence-electron chi connectivity index (χ0n) is 8.97. The second-order valence-corrected chi connectivity index (χ2v) is 3.06. The van der Waals surface area contributed by atoms with E-state index >= 15 is 0 Å². The summed E-state index contributed by atoms with van der Waals surface area (Å²) in [4.78, 5) is 22.2. The molecule has 0 saturated carbocycles. The standard InChI is InChI=1S/C9H11N3O4/c1-15-8(13)5-12-6(4-10)3-7(11-12)9(14)16-2/h6H,3,5H2,1-2H3. The molecule has 1 rings (SSSR count). The lowest BCUT2D eigenvalue weighted by molar-refractivity contribution is -0.142. The van der Waals surface area contributed by atoms with Crippen LogP contribution in [0.25, 0.3) is 0 Å². The molecule has 0 spiro atoms. The molecule has 0 bridgehead atoms. The van der Waals surface area contributed by atoms with E-state index in [9.17, 15) is 9.59 Å². The fourth-order valence-electron chi connectivity index (χ4n) is 1.25. The van der Waals surface area contributed by atoms with Gasteiger partial charge in [0, 0.05) is 6.42 Å². The van der Waals surface area contributed by atoms with Crippen molar-refractivity contribution in [1.82, 2.24) is 5.01 Å². The number of methoxy groups -OCH3 is 2. The lowest BCUT2D eigenvalue weighted by atomic mass is 10.2. The molecular formula is C9H11N3O4. The predicted octanol–water partition coefficient (Wildman–Crippen LogP) is -0.714. The number of esters is 2. The maximum atomic E-state index is 11.2. The van der Waals surface area contributed by atoms with Gasteiger partial charge in [-0.3, -0.25) is 9.80 Å². The molecule has 1 aliphatic rings. The second-order valence-electron chi connectivity index (χ2n) is 3.06. The van der Waals surface area contributed by atoms with Gasteiger partial charge in [-0.05, 0) is 0 Å². The Morgan fingerprint density at radius 2 is 2.25 bits per heavy atom. The van der Waals surface area contributed by atoms with E-state index in [1.165, 1.54) is 19.2 Å². The van der Waals surface area contributed by atoms with Crippen molar-refractivity contribution >= 4 is 17.7 Å². The summed E-state index contributed by atoms with van der Waals surface area (Å²) in [6.07, 6.45) is 0.153. The third-order valence-electron chi connectivity index (χ3n) is 2.08. The summed E-state index contributed by atoms with van der Waals surface area (Å²) >= 11 is 0. The summed E-state index contributed by atoms with van der Waals surface area (Å²) < 4.78 is 8.94. The van der Waals surface area contributed by atoms with Crippen LogP contribution < -0.4 is 0 Å². The van der Waals surface area contributed by atoms with Crippen LogP contribution in [0.5, 0.6) is 0 Å². The molecular weight excluding hydrogens is 214 g/mol. The number of nitriles is 1. The molecule has 0 aromatic rings. The van der Waals surface area contributed by atoms with Crippen molar-refractivity contribution in [2.45, 2.75) is 12.5 Å². The van der Waals surface area contributed by atoms with Crippen LogP contribution in [0.2, 0.25) is 0 Å². The van der Waals surface area contributed by atoms with Crippen LogP contribution in [-0.2, 0) is 19.1 Å². The van der Waals surface area contributed by atoms with Gasteiger partial charge in [0.2, 0.25) is 0 Å². The number of hydrazone groups is 1. The third kappa shape index (κ3) is 2.48. The van der Waals surface area contributed by atoms with E-state index in [2.05, 4.69) is 14.6 Å². The molecule has 0 N–H and O–H groups in total.